The van der Waals surface area contributed by atoms with E-state index in [1.165, 1.54) is 96.3 Å². The first kappa shape index (κ1) is 32.3. The molecule has 0 spiro atoms. The minimum Gasteiger partial charge on any atom is -0.373 e. The Kier molecular flexibility index (Phi) is 19.7. The van der Waals surface area contributed by atoms with Gasteiger partial charge in [-0.3, -0.25) is 4.57 Å². The molecular formula is C29H52O5P. The lowest BCUT2D eigenvalue weighted by atomic mass is 10.0. The van der Waals surface area contributed by atoms with Gasteiger partial charge in [0.2, 0.25) is 0 Å². The Morgan fingerprint density at radius 2 is 1.20 bits per heavy atom. The minimum atomic E-state index is -4.19. The Morgan fingerprint density at radius 1 is 0.743 bits per heavy atom. The maximum atomic E-state index is 11.0. The van der Waals surface area contributed by atoms with E-state index in [1.54, 1.807) is 0 Å². The van der Waals surface area contributed by atoms with Gasteiger partial charge in [0.1, 0.15) is 6.35 Å². The van der Waals surface area contributed by atoms with Crippen LogP contribution in [0.25, 0.3) is 0 Å². The van der Waals surface area contributed by atoms with Gasteiger partial charge in [-0.05, 0) is 18.9 Å². The number of ether oxygens (including phenoxy) is 2. The first-order valence-electron chi connectivity index (χ1n) is 14.1. The summed E-state index contributed by atoms with van der Waals surface area (Å²) in [7, 11) is -4.19. The molecule has 35 heavy (non-hydrogen) atoms. The molecule has 0 saturated carbocycles. The van der Waals surface area contributed by atoms with Crippen LogP contribution in [0.1, 0.15) is 128 Å². The van der Waals surface area contributed by atoms with Crippen molar-refractivity contribution in [3.63, 3.8) is 0 Å². The van der Waals surface area contributed by atoms with Crippen molar-refractivity contribution in [1.82, 2.24) is 0 Å². The van der Waals surface area contributed by atoms with Crippen molar-refractivity contribution in [3.05, 3.63) is 42.8 Å². The molecule has 0 aliphatic rings. The van der Waals surface area contributed by atoms with Crippen molar-refractivity contribution in [1.29, 1.82) is 0 Å². The number of hydrogen-bond donors (Lipinski definition) is 2. The van der Waals surface area contributed by atoms with Gasteiger partial charge in [-0.25, -0.2) is 0 Å². The van der Waals surface area contributed by atoms with Crippen molar-refractivity contribution in [2.24, 2.45) is 0 Å². The van der Waals surface area contributed by atoms with E-state index < -0.39 is 20.0 Å². The molecule has 0 heterocycles. The fourth-order valence-corrected chi connectivity index (χ4v) is 4.76. The molecule has 0 amide bonds. The first-order chi connectivity index (χ1) is 16.9. The van der Waals surface area contributed by atoms with Crippen molar-refractivity contribution in [2.75, 3.05) is 13.0 Å². The highest BCUT2D eigenvalue weighted by molar-refractivity contribution is 7.51. The molecule has 0 aliphatic heterocycles. The highest BCUT2D eigenvalue weighted by atomic mass is 31.2. The molecule has 2 unspecified atom stereocenters. The molecule has 2 N–H and O–H groups in total. The molecule has 0 saturated heterocycles. The molecule has 1 rings (SSSR count). The van der Waals surface area contributed by atoms with Crippen molar-refractivity contribution in [3.8, 4) is 0 Å². The van der Waals surface area contributed by atoms with E-state index in [9.17, 15) is 4.57 Å². The summed E-state index contributed by atoms with van der Waals surface area (Å²) in [6.07, 6.45) is 20.6. The Labute approximate surface area is 215 Å². The topological polar surface area (TPSA) is 76.0 Å². The zero-order valence-electron chi connectivity index (χ0n) is 22.2. The summed E-state index contributed by atoms with van der Waals surface area (Å²) in [4.78, 5) is 18.0. The van der Waals surface area contributed by atoms with E-state index in [2.05, 4.69) is 13.8 Å². The number of unbranched alkanes of at least 4 members (excludes halogenated alkanes) is 15. The number of rotatable bonds is 24. The van der Waals surface area contributed by atoms with Crippen LogP contribution in [0.5, 0.6) is 0 Å². The van der Waals surface area contributed by atoms with Crippen molar-refractivity contribution < 1.29 is 23.8 Å². The van der Waals surface area contributed by atoms with Gasteiger partial charge < -0.3 is 19.3 Å². The summed E-state index contributed by atoms with van der Waals surface area (Å²) in [6, 6.07) is 9.91. The van der Waals surface area contributed by atoms with Crippen LogP contribution in [-0.2, 0) is 14.0 Å². The third kappa shape index (κ3) is 20.1. The monoisotopic (exact) mass is 511 g/mol. The van der Waals surface area contributed by atoms with E-state index in [1.807, 2.05) is 30.3 Å². The fourth-order valence-electron chi connectivity index (χ4n) is 4.35. The molecule has 203 valence electrons. The van der Waals surface area contributed by atoms with Gasteiger partial charge in [0, 0.05) is 13.0 Å². The zero-order chi connectivity index (χ0) is 25.6. The number of benzene rings is 1. The van der Waals surface area contributed by atoms with Gasteiger partial charge >= 0.3 is 7.60 Å². The minimum absolute atomic E-state index is 0.188. The third-order valence-electron chi connectivity index (χ3n) is 6.44. The first-order valence-corrected chi connectivity index (χ1v) is 15.9. The van der Waals surface area contributed by atoms with Gasteiger partial charge in [-0.15, -0.1) is 0 Å². The summed E-state index contributed by atoms with van der Waals surface area (Å²) in [5, 5.41) is 0. The molecule has 0 aliphatic carbocycles. The summed E-state index contributed by atoms with van der Waals surface area (Å²) in [5.41, 5.74) is 1.04. The van der Waals surface area contributed by atoms with Gasteiger partial charge in [-0.2, -0.15) is 0 Å². The van der Waals surface area contributed by atoms with Crippen LogP contribution in [-0.4, -0.2) is 28.8 Å². The summed E-state index contributed by atoms with van der Waals surface area (Å²) in [5.74, 6) is 0. The summed E-state index contributed by atoms with van der Waals surface area (Å²) < 4.78 is 22.4. The second kappa shape index (κ2) is 21.4. The van der Waals surface area contributed by atoms with E-state index >= 15 is 0 Å². The highest BCUT2D eigenvalue weighted by Crippen LogP contribution is 2.35. The summed E-state index contributed by atoms with van der Waals surface area (Å²) in [6.45, 7) is 6.83. The quantitative estimate of drug-likeness (QED) is 0.107. The predicted molar refractivity (Wildman–Crippen MR) is 146 cm³/mol. The molecule has 0 bridgehead atoms. The van der Waals surface area contributed by atoms with E-state index in [0.29, 0.717) is 13.0 Å². The molecule has 2 atom stereocenters. The van der Waals surface area contributed by atoms with E-state index in [4.69, 9.17) is 19.3 Å². The normalized spacial score (nSPS) is 13.7. The molecule has 0 fully saturated rings. The molecule has 6 heteroatoms. The van der Waals surface area contributed by atoms with Crippen molar-refractivity contribution in [2.45, 2.75) is 128 Å². The van der Waals surface area contributed by atoms with Gasteiger partial charge in [-0.1, -0.05) is 134 Å². The lowest BCUT2D eigenvalue weighted by Gasteiger charge is -2.22. The van der Waals surface area contributed by atoms with E-state index in [-0.39, 0.29) is 6.10 Å². The maximum absolute atomic E-state index is 11.0. The molecule has 0 aromatic heterocycles. The Morgan fingerprint density at radius 3 is 1.66 bits per heavy atom. The molecule has 5 nitrogen and oxygen atoms in total. The van der Waals surface area contributed by atoms with Crippen LogP contribution in [0, 0.1) is 6.92 Å². The average Bonchev–Trinajstić information content (AvgIpc) is 2.84. The Bertz CT molecular complexity index is 633. The Balaban J connectivity index is 2.06. The van der Waals surface area contributed by atoms with Crippen LogP contribution >= 0.6 is 7.60 Å². The van der Waals surface area contributed by atoms with Gasteiger partial charge in [0.05, 0.1) is 12.2 Å². The SMILES string of the molecule is [CH2]C(CC(OCCCCCCCCCCCCCCCCCC)c1ccccc1)OCP(=O)(O)O. The smallest absolute Gasteiger partial charge is 0.350 e. The van der Waals surface area contributed by atoms with Gasteiger partial charge in [0.15, 0.2) is 0 Å². The predicted octanol–water partition coefficient (Wildman–Crippen LogP) is 8.75. The highest BCUT2D eigenvalue weighted by Gasteiger charge is 2.20. The van der Waals surface area contributed by atoms with Crippen LogP contribution in [0.2, 0.25) is 0 Å². The van der Waals surface area contributed by atoms with Crippen LogP contribution in [0.4, 0.5) is 0 Å². The second-order valence-corrected chi connectivity index (χ2v) is 11.5. The average molecular weight is 512 g/mol. The van der Waals surface area contributed by atoms with Crippen LogP contribution in [0.15, 0.2) is 30.3 Å². The third-order valence-corrected chi connectivity index (χ3v) is 6.93. The van der Waals surface area contributed by atoms with E-state index in [0.717, 1.165) is 12.0 Å². The maximum Gasteiger partial charge on any atom is 0.350 e. The molecular weight excluding hydrogens is 459 g/mol. The molecule has 1 aromatic carbocycles. The Hall–Kier alpha value is -0.710. The zero-order valence-corrected chi connectivity index (χ0v) is 23.1. The lowest BCUT2D eigenvalue weighted by Crippen LogP contribution is -2.17. The largest absolute Gasteiger partial charge is 0.373 e. The van der Waals surface area contributed by atoms with Crippen molar-refractivity contribution >= 4 is 7.60 Å². The van der Waals surface area contributed by atoms with Crippen LogP contribution < -0.4 is 0 Å². The molecule has 1 radical (unpaired) electrons. The second-order valence-electron chi connectivity index (χ2n) is 9.89. The van der Waals surface area contributed by atoms with Gasteiger partial charge in [0.25, 0.3) is 0 Å². The summed E-state index contributed by atoms with van der Waals surface area (Å²) >= 11 is 0. The fraction of sp³-hybridized carbons (Fsp3) is 0.759. The van der Waals surface area contributed by atoms with Crippen LogP contribution in [0.3, 0.4) is 0 Å². The molecule has 1 aromatic rings. The standard InChI is InChI=1S/C29H52O5P/c1-3-4-5-6-7-8-9-10-11-12-13-14-15-16-17-21-24-33-29(28-22-19-18-20-23-28)25-27(2)34-26-35(30,31)32/h18-20,22-23,27,29H,2-17,21,24-26H2,1H3,(H2,30,31,32). The lowest BCUT2D eigenvalue weighted by molar-refractivity contribution is 0.00292. The number of hydrogen-bond acceptors (Lipinski definition) is 3.